The Morgan fingerprint density at radius 1 is 1.21 bits per heavy atom. The minimum Gasteiger partial charge on any atom is -0.385 e. The van der Waals surface area contributed by atoms with Crippen molar-refractivity contribution in [3.05, 3.63) is 69.0 Å². The van der Waals surface area contributed by atoms with Crippen LogP contribution in [0.25, 0.3) is 10.4 Å². The van der Waals surface area contributed by atoms with E-state index in [1.54, 1.807) is 34.8 Å². The molecule has 0 radical (unpaired) electrons. The van der Waals surface area contributed by atoms with Gasteiger partial charge in [0, 0.05) is 22.8 Å². The van der Waals surface area contributed by atoms with E-state index in [-0.39, 0.29) is 18.3 Å². The van der Waals surface area contributed by atoms with Gasteiger partial charge in [-0.15, -0.1) is 22.7 Å². The molecule has 144 valence electrons. The van der Waals surface area contributed by atoms with Gasteiger partial charge in [0.2, 0.25) is 0 Å². The molecule has 1 aliphatic heterocycles. The zero-order valence-corrected chi connectivity index (χ0v) is 17.0. The summed E-state index contributed by atoms with van der Waals surface area (Å²) in [7, 11) is 0. The Labute approximate surface area is 170 Å². The quantitative estimate of drug-likeness (QED) is 0.438. The van der Waals surface area contributed by atoms with Crippen LogP contribution in [0.5, 0.6) is 0 Å². The molecule has 0 atom stereocenters. The van der Waals surface area contributed by atoms with Gasteiger partial charge in [-0.1, -0.05) is 17.3 Å². The van der Waals surface area contributed by atoms with E-state index >= 15 is 0 Å². The van der Waals surface area contributed by atoms with Gasteiger partial charge < -0.3 is 9.74 Å². The van der Waals surface area contributed by atoms with E-state index in [4.69, 9.17) is 4.84 Å². The lowest BCUT2D eigenvalue weighted by Crippen LogP contribution is -2.37. The van der Waals surface area contributed by atoms with Crippen molar-refractivity contribution in [1.29, 1.82) is 0 Å². The molecule has 0 fully saturated rings. The van der Waals surface area contributed by atoms with Gasteiger partial charge in [0.25, 0.3) is 5.91 Å². The molecule has 0 saturated heterocycles. The van der Waals surface area contributed by atoms with Crippen LogP contribution in [-0.2, 0) is 22.6 Å². The number of carbonyl (C=O) groups is 1. The molecule has 0 spiro atoms. The van der Waals surface area contributed by atoms with E-state index in [9.17, 15) is 9.18 Å². The molecular formula is C21H19FN2O2S2. The summed E-state index contributed by atoms with van der Waals surface area (Å²) >= 11 is 3.30. The lowest BCUT2D eigenvalue weighted by molar-refractivity contribution is -0.137. The molecular weight excluding hydrogens is 395 g/mol. The van der Waals surface area contributed by atoms with E-state index in [1.165, 1.54) is 22.6 Å². The molecule has 1 aromatic carbocycles. The van der Waals surface area contributed by atoms with E-state index in [0.29, 0.717) is 12.3 Å². The van der Waals surface area contributed by atoms with Crippen molar-refractivity contribution in [3.63, 3.8) is 0 Å². The van der Waals surface area contributed by atoms with E-state index in [0.717, 1.165) is 28.3 Å². The summed E-state index contributed by atoms with van der Waals surface area (Å²) in [5, 5.41) is 6.18. The van der Waals surface area contributed by atoms with Crippen LogP contribution in [0.3, 0.4) is 0 Å². The Bertz CT molecular complexity index is 1010. The maximum Gasteiger partial charge on any atom is 0.263 e. The molecule has 2 aromatic heterocycles. The highest BCUT2D eigenvalue weighted by Crippen LogP contribution is 2.29. The van der Waals surface area contributed by atoms with Crippen LogP contribution in [0.15, 0.2) is 53.0 Å². The van der Waals surface area contributed by atoms with Crippen LogP contribution in [0.1, 0.15) is 22.2 Å². The summed E-state index contributed by atoms with van der Waals surface area (Å²) in [5.74, 6) is -0.299. The SMILES string of the molecule is CC(=NOCC(=O)N1CCc2sccc2C1)c1ccc(-c2ccc(F)cc2)s1. The maximum absolute atomic E-state index is 13.1. The first-order valence-corrected chi connectivity index (χ1v) is 10.7. The number of oxime groups is 1. The van der Waals surface area contributed by atoms with Crippen molar-refractivity contribution in [2.45, 2.75) is 19.9 Å². The summed E-state index contributed by atoms with van der Waals surface area (Å²) < 4.78 is 13.1. The minimum atomic E-state index is -0.250. The molecule has 3 aromatic rings. The molecule has 4 rings (SSSR count). The van der Waals surface area contributed by atoms with Gasteiger partial charge in [-0.3, -0.25) is 4.79 Å². The van der Waals surface area contributed by atoms with Crippen molar-refractivity contribution in [2.24, 2.45) is 5.16 Å². The van der Waals surface area contributed by atoms with Crippen LogP contribution >= 0.6 is 22.7 Å². The Morgan fingerprint density at radius 3 is 2.86 bits per heavy atom. The van der Waals surface area contributed by atoms with Crippen molar-refractivity contribution >= 4 is 34.3 Å². The highest BCUT2D eigenvalue weighted by molar-refractivity contribution is 7.17. The zero-order valence-electron chi connectivity index (χ0n) is 15.4. The molecule has 0 unspecified atom stereocenters. The third-order valence-electron chi connectivity index (χ3n) is 4.64. The lowest BCUT2D eigenvalue weighted by Gasteiger charge is -2.26. The fraction of sp³-hybridized carbons (Fsp3) is 0.238. The first kappa shape index (κ1) is 18.8. The first-order chi connectivity index (χ1) is 13.6. The number of hydrogen-bond acceptors (Lipinski definition) is 5. The molecule has 0 bridgehead atoms. The summed E-state index contributed by atoms with van der Waals surface area (Å²) in [4.78, 5) is 22.9. The van der Waals surface area contributed by atoms with Crippen molar-refractivity contribution in [2.75, 3.05) is 13.2 Å². The van der Waals surface area contributed by atoms with Crippen molar-refractivity contribution in [3.8, 4) is 10.4 Å². The summed E-state index contributed by atoms with van der Waals surface area (Å²) in [5.41, 5.74) is 2.90. The fourth-order valence-corrected chi connectivity index (χ4v) is 4.92. The average molecular weight is 415 g/mol. The highest BCUT2D eigenvalue weighted by atomic mass is 32.1. The third kappa shape index (κ3) is 4.15. The number of fused-ring (bicyclic) bond motifs is 1. The summed E-state index contributed by atoms with van der Waals surface area (Å²) in [6.45, 7) is 3.16. The van der Waals surface area contributed by atoms with Crippen LogP contribution in [0, 0.1) is 5.82 Å². The van der Waals surface area contributed by atoms with Gasteiger partial charge in [0.15, 0.2) is 6.61 Å². The number of thiophene rings is 2. The Kier molecular flexibility index (Phi) is 5.54. The minimum absolute atomic E-state index is 0.0495. The number of hydrogen-bond donors (Lipinski definition) is 0. The van der Waals surface area contributed by atoms with Crippen LogP contribution in [-0.4, -0.2) is 29.7 Å². The van der Waals surface area contributed by atoms with Gasteiger partial charge in [-0.2, -0.15) is 0 Å². The van der Waals surface area contributed by atoms with E-state index < -0.39 is 0 Å². The van der Waals surface area contributed by atoms with Crippen molar-refractivity contribution < 1.29 is 14.0 Å². The van der Waals surface area contributed by atoms with Crippen molar-refractivity contribution in [1.82, 2.24) is 4.90 Å². The zero-order chi connectivity index (χ0) is 19.5. The second-order valence-corrected chi connectivity index (χ2v) is 8.64. The van der Waals surface area contributed by atoms with Crippen LogP contribution < -0.4 is 0 Å². The van der Waals surface area contributed by atoms with E-state index in [1.807, 2.05) is 24.0 Å². The van der Waals surface area contributed by atoms with Gasteiger partial charge in [-0.05, 0) is 60.2 Å². The Morgan fingerprint density at radius 2 is 2.04 bits per heavy atom. The van der Waals surface area contributed by atoms with Gasteiger partial charge >= 0.3 is 0 Å². The molecule has 0 aliphatic carbocycles. The third-order valence-corrected chi connectivity index (χ3v) is 6.91. The largest absolute Gasteiger partial charge is 0.385 e. The monoisotopic (exact) mass is 414 g/mol. The van der Waals surface area contributed by atoms with E-state index in [2.05, 4.69) is 16.6 Å². The topological polar surface area (TPSA) is 41.9 Å². The molecule has 1 aliphatic rings. The Balaban J connectivity index is 1.34. The lowest BCUT2D eigenvalue weighted by atomic mass is 10.1. The van der Waals surface area contributed by atoms with Gasteiger partial charge in [-0.25, -0.2) is 4.39 Å². The number of nitrogens with zero attached hydrogens (tertiary/aromatic N) is 2. The molecule has 28 heavy (non-hydrogen) atoms. The Hall–Kier alpha value is -2.51. The standard InChI is InChI=1S/C21H19FN2O2S2/c1-14(18-6-7-20(28-18)15-2-4-17(22)5-3-15)23-26-13-21(25)24-10-8-19-16(12-24)9-11-27-19/h2-7,9,11H,8,10,12-13H2,1H3. The average Bonchev–Trinajstić information content (AvgIpc) is 3.37. The number of amides is 1. The fourth-order valence-electron chi connectivity index (χ4n) is 3.08. The predicted octanol–water partition coefficient (Wildman–Crippen LogP) is 4.94. The predicted molar refractivity (Wildman–Crippen MR) is 111 cm³/mol. The van der Waals surface area contributed by atoms with Gasteiger partial charge in [0.1, 0.15) is 5.82 Å². The molecule has 7 heteroatoms. The number of rotatable bonds is 5. The summed E-state index contributed by atoms with van der Waals surface area (Å²) in [6.07, 6.45) is 0.905. The normalized spacial score (nSPS) is 14.1. The number of benzene rings is 1. The second kappa shape index (κ2) is 8.24. The molecule has 1 amide bonds. The number of halogens is 1. The van der Waals surface area contributed by atoms with Gasteiger partial charge in [0.05, 0.1) is 10.6 Å². The maximum atomic E-state index is 13.1. The molecule has 0 N–H and O–H groups in total. The molecule has 4 nitrogen and oxygen atoms in total. The smallest absolute Gasteiger partial charge is 0.263 e. The molecule has 0 saturated carbocycles. The second-order valence-electron chi connectivity index (χ2n) is 6.56. The first-order valence-electron chi connectivity index (χ1n) is 8.96. The summed E-state index contributed by atoms with van der Waals surface area (Å²) in [6, 6.07) is 12.4. The van der Waals surface area contributed by atoms with Crippen LogP contribution in [0.4, 0.5) is 4.39 Å². The van der Waals surface area contributed by atoms with Crippen LogP contribution in [0.2, 0.25) is 0 Å². The highest BCUT2D eigenvalue weighted by Gasteiger charge is 2.21. The number of carbonyl (C=O) groups excluding carboxylic acids is 1. The molecule has 3 heterocycles.